The van der Waals surface area contributed by atoms with Gasteiger partial charge in [0.15, 0.2) is 0 Å². The van der Waals surface area contributed by atoms with Gasteiger partial charge in [0.2, 0.25) is 0 Å². The molecule has 1 rings (SSSR count). The van der Waals surface area contributed by atoms with Crippen LogP contribution in [-0.2, 0) is 19.1 Å². The lowest BCUT2D eigenvalue weighted by Crippen LogP contribution is -2.15. The molecule has 0 radical (unpaired) electrons. The van der Waals surface area contributed by atoms with Gasteiger partial charge in [-0.05, 0) is 12.1 Å². The van der Waals surface area contributed by atoms with Crippen molar-refractivity contribution in [1.29, 1.82) is 0 Å². The van der Waals surface area contributed by atoms with Crippen molar-refractivity contribution in [2.45, 2.75) is 0 Å². The fraction of sp³-hybridized carbons (Fsp3) is 0.167. The molecule has 0 aromatic heterocycles. The Bertz CT molecular complexity index is 425. The molecule has 5 heteroatoms. The summed E-state index contributed by atoms with van der Waals surface area (Å²) in [5.74, 6) is -1.27. The Labute approximate surface area is 99.0 Å². The Balaban J connectivity index is 2.89. The fourth-order valence-corrected chi connectivity index (χ4v) is 1.11. The lowest BCUT2D eigenvalue weighted by molar-refractivity contribution is -0.138. The molecule has 5 nitrogen and oxygen atoms in total. The highest BCUT2D eigenvalue weighted by Gasteiger charge is 2.12. The maximum Gasteiger partial charge on any atom is 0.354 e. The second kappa shape index (κ2) is 6.32. The highest BCUT2D eigenvalue weighted by molar-refractivity contribution is 5.98. The first-order valence-corrected chi connectivity index (χ1v) is 4.87. The number of methoxy groups -OCH3 is 2. The normalized spacial score (nSPS) is 10.6. The average molecular weight is 235 g/mol. The van der Waals surface area contributed by atoms with Gasteiger partial charge in [0.1, 0.15) is 5.70 Å². The summed E-state index contributed by atoms with van der Waals surface area (Å²) in [6.45, 7) is 0. The van der Waals surface area contributed by atoms with Crippen LogP contribution in [-0.4, -0.2) is 26.2 Å². The fourth-order valence-electron chi connectivity index (χ4n) is 1.11. The number of rotatable bonds is 4. The van der Waals surface area contributed by atoms with E-state index in [0.29, 0.717) is 5.69 Å². The molecule has 0 saturated heterocycles. The number of esters is 2. The van der Waals surface area contributed by atoms with E-state index in [4.69, 9.17) is 0 Å². The van der Waals surface area contributed by atoms with Crippen molar-refractivity contribution in [2.75, 3.05) is 19.5 Å². The summed E-state index contributed by atoms with van der Waals surface area (Å²) in [7, 11) is 2.47. The van der Waals surface area contributed by atoms with E-state index in [0.717, 1.165) is 6.08 Å². The highest BCUT2D eigenvalue weighted by Crippen LogP contribution is 2.10. The number of hydrogen-bond donors (Lipinski definition) is 1. The maximum atomic E-state index is 11.4. The third-order valence-electron chi connectivity index (χ3n) is 1.92. The van der Waals surface area contributed by atoms with E-state index in [2.05, 4.69) is 14.8 Å². The summed E-state index contributed by atoms with van der Waals surface area (Å²) in [5.41, 5.74) is 0.693. The second-order valence-corrected chi connectivity index (χ2v) is 3.06. The van der Waals surface area contributed by atoms with E-state index in [1.807, 2.05) is 6.07 Å². The number of carbonyl (C=O) groups is 2. The van der Waals surface area contributed by atoms with Crippen molar-refractivity contribution < 1.29 is 19.1 Å². The molecule has 1 aromatic carbocycles. The van der Waals surface area contributed by atoms with Gasteiger partial charge in [-0.2, -0.15) is 0 Å². The second-order valence-electron chi connectivity index (χ2n) is 3.06. The first-order valence-electron chi connectivity index (χ1n) is 4.87. The molecule has 0 aliphatic carbocycles. The van der Waals surface area contributed by atoms with Gasteiger partial charge in [-0.25, -0.2) is 9.59 Å². The minimum atomic E-state index is -0.640. The third-order valence-corrected chi connectivity index (χ3v) is 1.92. The van der Waals surface area contributed by atoms with Gasteiger partial charge < -0.3 is 14.8 Å². The molecule has 1 N–H and O–H groups in total. The number of para-hydroxylation sites is 1. The number of anilines is 1. The van der Waals surface area contributed by atoms with E-state index in [1.165, 1.54) is 14.2 Å². The quantitative estimate of drug-likeness (QED) is 0.630. The van der Waals surface area contributed by atoms with Crippen LogP contribution in [0.5, 0.6) is 0 Å². The predicted octanol–water partition coefficient (Wildman–Crippen LogP) is 1.33. The molecule has 90 valence electrons. The maximum absolute atomic E-state index is 11.4. The number of ether oxygens (including phenoxy) is 2. The van der Waals surface area contributed by atoms with Gasteiger partial charge in [0.25, 0.3) is 0 Å². The van der Waals surface area contributed by atoms with Crippen molar-refractivity contribution in [1.82, 2.24) is 0 Å². The van der Waals surface area contributed by atoms with Crippen LogP contribution in [0.25, 0.3) is 0 Å². The van der Waals surface area contributed by atoms with Crippen molar-refractivity contribution in [3.63, 3.8) is 0 Å². The van der Waals surface area contributed by atoms with Crippen molar-refractivity contribution in [3.8, 4) is 0 Å². The molecule has 0 unspecified atom stereocenters. The molecule has 17 heavy (non-hydrogen) atoms. The molecule has 0 aliphatic heterocycles. The zero-order valence-corrected chi connectivity index (χ0v) is 9.60. The van der Waals surface area contributed by atoms with E-state index < -0.39 is 11.9 Å². The van der Waals surface area contributed by atoms with Crippen molar-refractivity contribution >= 4 is 17.6 Å². The summed E-state index contributed by atoms with van der Waals surface area (Å²) >= 11 is 0. The summed E-state index contributed by atoms with van der Waals surface area (Å²) in [4.78, 5) is 22.5. The predicted molar refractivity (Wildman–Crippen MR) is 62.2 cm³/mol. The lowest BCUT2D eigenvalue weighted by atomic mass is 10.3. The Morgan fingerprint density at radius 1 is 1.12 bits per heavy atom. The Kier molecular flexibility index (Phi) is 4.75. The van der Waals surface area contributed by atoms with Gasteiger partial charge in [0, 0.05) is 5.69 Å². The van der Waals surface area contributed by atoms with Gasteiger partial charge in [-0.3, -0.25) is 0 Å². The number of nitrogens with one attached hydrogen (secondary N) is 1. The van der Waals surface area contributed by atoms with Crippen LogP contribution in [0.4, 0.5) is 5.69 Å². The minimum absolute atomic E-state index is 0.0190. The van der Waals surface area contributed by atoms with Crippen LogP contribution in [0.1, 0.15) is 0 Å². The lowest BCUT2D eigenvalue weighted by Gasteiger charge is -2.08. The molecule has 0 atom stereocenters. The molecule has 0 fully saturated rings. The largest absolute Gasteiger partial charge is 0.466 e. The topological polar surface area (TPSA) is 64.6 Å². The molecule has 0 heterocycles. The number of carbonyl (C=O) groups excluding carboxylic acids is 2. The van der Waals surface area contributed by atoms with Crippen LogP contribution in [0, 0.1) is 0 Å². The summed E-state index contributed by atoms with van der Waals surface area (Å²) in [6, 6.07) is 8.96. The smallest absolute Gasteiger partial charge is 0.354 e. The summed E-state index contributed by atoms with van der Waals surface area (Å²) in [5, 5.41) is 2.78. The van der Waals surface area contributed by atoms with Crippen LogP contribution < -0.4 is 5.32 Å². The third kappa shape index (κ3) is 3.98. The Hall–Kier alpha value is -2.30. The first-order chi connectivity index (χ1) is 8.17. The van der Waals surface area contributed by atoms with E-state index in [9.17, 15) is 9.59 Å². The van der Waals surface area contributed by atoms with Gasteiger partial charge in [-0.15, -0.1) is 0 Å². The molecular formula is C12H13NO4. The zero-order chi connectivity index (χ0) is 12.7. The Morgan fingerprint density at radius 2 is 1.76 bits per heavy atom. The molecule has 0 bridgehead atoms. The molecule has 0 spiro atoms. The van der Waals surface area contributed by atoms with Crippen LogP contribution >= 0.6 is 0 Å². The minimum Gasteiger partial charge on any atom is -0.466 e. The zero-order valence-electron chi connectivity index (χ0n) is 9.60. The molecule has 0 amide bonds. The van der Waals surface area contributed by atoms with Gasteiger partial charge in [-0.1, -0.05) is 18.2 Å². The summed E-state index contributed by atoms with van der Waals surface area (Å²) in [6.07, 6.45) is 1.04. The number of benzene rings is 1. The van der Waals surface area contributed by atoms with Gasteiger partial charge in [0.05, 0.1) is 20.3 Å². The van der Waals surface area contributed by atoms with E-state index in [1.54, 1.807) is 24.3 Å². The molecule has 0 aliphatic rings. The van der Waals surface area contributed by atoms with Crippen molar-refractivity contribution in [3.05, 3.63) is 42.1 Å². The number of hydrogen-bond acceptors (Lipinski definition) is 5. The first kappa shape index (κ1) is 12.8. The SMILES string of the molecule is COC(=O)/C=C(\Nc1ccccc1)C(=O)OC. The van der Waals surface area contributed by atoms with E-state index in [-0.39, 0.29) is 5.70 Å². The standard InChI is InChI=1S/C12H13NO4/c1-16-11(14)8-10(12(15)17-2)13-9-6-4-3-5-7-9/h3-8,13H,1-2H3/b10-8-. The van der Waals surface area contributed by atoms with Crippen LogP contribution in [0.2, 0.25) is 0 Å². The molecule has 0 saturated carbocycles. The van der Waals surface area contributed by atoms with E-state index >= 15 is 0 Å². The highest BCUT2D eigenvalue weighted by atomic mass is 16.5. The molecular weight excluding hydrogens is 222 g/mol. The summed E-state index contributed by atoms with van der Waals surface area (Å²) < 4.78 is 9.00. The average Bonchev–Trinajstić information content (AvgIpc) is 2.38. The van der Waals surface area contributed by atoms with Gasteiger partial charge >= 0.3 is 11.9 Å². The Morgan fingerprint density at radius 3 is 2.29 bits per heavy atom. The monoisotopic (exact) mass is 235 g/mol. The van der Waals surface area contributed by atoms with Crippen LogP contribution in [0.3, 0.4) is 0 Å². The van der Waals surface area contributed by atoms with Crippen molar-refractivity contribution in [2.24, 2.45) is 0 Å². The van der Waals surface area contributed by atoms with Crippen LogP contribution in [0.15, 0.2) is 42.1 Å². The molecule has 1 aromatic rings.